The summed E-state index contributed by atoms with van der Waals surface area (Å²) >= 11 is 5.90. The van der Waals surface area contributed by atoms with Crippen LogP contribution >= 0.6 is 11.6 Å². The molecule has 0 fully saturated rings. The number of aryl methyl sites for hydroxylation is 2. The van der Waals surface area contributed by atoms with Crippen molar-refractivity contribution in [2.24, 2.45) is 0 Å². The third kappa shape index (κ3) is 5.11. The summed E-state index contributed by atoms with van der Waals surface area (Å²) in [6.07, 6.45) is 0.614. The summed E-state index contributed by atoms with van der Waals surface area (Å²) < 4.78 is 0. The van der Waals surface area contributed by atoms with Gasteiger partial charge in [0.05, 0.1) is 0 Å². The molecular weight excluding hydrogens is 312 g/mol. The van der Waals surface area contributed by atoms with Gasteiger partial charge in [-0.25, -0.2) is 0 Å². The minimum atomic E-state index is -0.667. The first-order chi connectivity index (χ1) is 11.0. The maximum atomic E-state index is 11.9. The Bertz CT molecular complexity index is 729. The summed E-state index contributed by atoms with van der Waals surface area (Å²) in [5.41, 5.74) is 3.81. The molecule has 0 aliphatic carbocycles. The Kier molecular flexibility index (Phi) is 5.77. The van der Waals surface area contributed by atoms with Crippen molar-refractivity contribution in [1.29, 1.82) is 0 Å². The van der Waals surface area contributed by atoms with Gasteiger partial charge in [-0.1, -0.05) is 29.8 Å². The van der Waals surface area contributed by atoms with Gasteiger partial charge in [-0.3, -0.25) is 9.59 Å². The number of hydrogen-bond donors (Lipinski definition) is 2. The van der Waals surface area contributed by atoms with E-state index in [1.165, 1.54) is 0 Å². The van der Waals surface area contributed by atoms with Crippen LogP contribution in [0.5, 0.6) is 0 Å². The average molecular weight is 331 g/mol. The maximum Gasteiger partial charge on any atom is 0.313 e. The number of carbonyl (C=O) groups is 2. The Morgan fingerprint density at radius 2 is 1.78 bits per heavy atom. The molecule has 0 saturated carbocycles. The number of carbonyl (C=O) groups excluding carboxylic acids is 2. The number of hydrogen-bond acceptors (Lipinski definition) is 2. The number of benzene rings is 2. The zero-order valence-corrected chi connectivity index (χ0v) is 13.9. The molecule has 2 amide bonds. The molecule has 23 heavy (non-hydrogen) atoms. The van der Waals surface area contributed by atoms with Gasteiger partial charge < -0.3 is 10.6 Å². The van der Waals surface area contributed by atoms with Crippen LogP contribution in [0, 0.1) is 13.8 Å². The van der Waals surface area contributed by atoms with E-state index in [1.54, 1.807) is 12.1 Å². The summed E-state index contributed by atoms with van der Waals surface area (Å²) in [6, 6.07) is 12.9. The van der Waals surface area contributed by atoms with Crippen LogP contribution in [0.15, 0.2) is 42.5 Å². The molecule has 0 bridgehead atoms. The summed E-state index contributed by atoms with van der Waals surface area (Å²) in [5, 5.41) is 5.85. The SMILES string of the molecule is Cc1ccc(NC(=O)C(=O)NCCc2cccc(Cl)c2)cc1C. The topological polar surface area (TPSA) is 58.2 Å². The summed E-state index contributed by atoms with van der Waals surface area (Å²) in [6.45, 7) is 4.32. The third-order valence-corrected chi connectivity index (χ3v) is 3.79. The monoisotopic (exact) mass is 330 g/mol. The van der Waals surface area contributed by atoms with Crippen molar-refractivity contribution in [3.05, 3.63) is 64.2 Å². The molecule has 0 aromatic heterocycles. The van der Waals surface area contributed by atoms with Crippen LogP contribution in [-0.2, 0) is 16.0 Å². The minimum absolute atomic E-state index is 0.375. The van der Waals surface area contributed by atoms with E-state index in [4.69, 9.17) is 11.6 Å². The Labute approximate surface area is 140 Å². The van der Waals surface area contributed by atoms with Gasteiger partial charge in [0.2, 0.25) is 0 Å². The van der Waals surface area contributed by atoms with Crippen molar-refractivity contribution in [3.63, 3.8) is 0 Å². The van der Waals surface area contributed by atoms with Crippen LogP contribution in [0.3, 0.4) is 0 Å². The van der Waals surface area contributed by atoms with E-state index < -0.39 is 11.8 Å². The van der Waals surface area contributed by atoms with Crippen molar-refractivity contribution < 1.29 is 9.59 Å². The third-order valence-electron chi connectivity index (χ3n) is 3.56. The molecule has 120 valence electrons. The number of amides is 2. The number of nitrogens with one attached hydrogen (secondary N) is 2. The van der Waals surface area contributed by atoms with Gasteiger partial charge in [0.25, 0.3) is 0 Å². The maximum absolute atomic E-state index is 11.9. The molecule has 0 saturated heterocycles. The second-order valence-electron chi connectivity index (χ2n) is 5.39. The van der Waals surface area contributed by atoms with Gasteiger partial charge in [0.15, 0.2) is 0 Å². The Hall–Kier alpha value is -2.33. The van der Waals surface area contributed by atoms with Crippen LogP contribution in [0.1, 0.15) is 16.7 Å². The predicted octanol–water partition coefficient (Wildman–Crippen LogP) is 3.25. The van der Waals surface area contributed by atoms with Gasteiger partial charge in [-0.05, 0) is 61.2 Å². The molecule has 0 atom stereocenters. The zero-order valence-electron chi connectivity index (χ0n) is 13.2. The van der Waals surface area contributed by atoms with Crippen LogP contribution in [-0.4, -0.2) is 18.4 Å². The van der Waals surface area contributed by atoms with E-state index in [9.17, 15) is 9.59 Å². The molecule has 2 rings (SSSR count). The largest absolute Gasteiger partial charge is 0.347 e. The highest BCUT2D eigenvalue weighted by molar-refractivity contribution is 6.39. The fraction of sp³-hybridized carbons (Fsp3) is 0.222. The highest BCUT2D eigenvalue weighted by atomic mass is 35.5. The first-order valence-electron chi connectivity index (χ1n) is 7.36. The quantitative estimate of drug-likeness (QED) is 0.845. The molecule has 2 N–H and O–H groups in total. The van der Waals surface area contributed by atoms with Crippen LogP contribution in [0.25, 0.3) is 0 Å². The van der Waals surface area contributed by atoms with Gasteiger partial charge in [0, 0.05) is 17.3 Å². The van der Waals surface area contributed by atoms with Crippen LogP contribution < -0.4 is 10.6 Å². The Balaban J connectivity index is 1.83. The van der Waals surface area contributed by atoms with E-state index in [1.807, 2.05) is 44.2 Å². The second kappa shape index (κ2) is 7.79. The van der Waals surface area contributed by atoms with Gasteiger partial charge in [-0.15, -0.1) is 0 Å². The summed E-state index contributed by atoms with van der Waals surface area (Å²) in [5.74, 6) is -1.32. The molecule has 0 unspecified atom stereocenters. The predicted molar refractivity (Wildman–Crippen MR) is 92.7 cm³/mol. The van der Waals surface area contributed by atoms with Crippen molar-refractivity contribution in [3.8, 4) is 0 Å². The number of rotatable bonds is 4. The fourth-order valence-corrected chi connectivity index (χ4v) is 2.31. The standard InChI is InChI=1S/C18H19ClN2O2/c1-12-6-7-16(10-13(12)2)21-18(23)17(22)20-9-8-14-4-3-5-15(19)11-14/h3-7,10-11H,8-9H2,1-2H3,(H,20,22)(H,21,23). The first kappa shape index (κ1) is 17.0. The fourth-order valence-electron chi connectivity index (χ4n) is 2.10. The molecule has 2 aromatic rings. The average Bonchev–Trinajstić information content (AvgIpc) is 2.51. The smallest absolute Gasteiger partial charge is 0.313 e. The molecule has 2 aromatic carbocycles. The van der Waals surface area contributed by atoms with Crippen LogP contribution in [0.2, 0.25) is 5.02 Å². The summed E-state index contributed by atoms with van der Waals surface area (Å²) in [7, 11) is 0. The molecule has 0 aliphatic heterocycles. The molecule has 0 spiro atoms. The Morgan fingerprint density at radius 3 is 2.48 bits per heavy atom. The lowest BCUT2D eigenvalue weighted by Crippen LogP contribution is -2.36. The van der Waals surface area contributed by atoms with Crippen LogP contribution in [0.4, 0.5) is 5.69 Å². The lowest BCUT2D eigenvalue weighted by molar-refractivity contribution is -0.136. The number of anilines is 1. The van der Waals surface area contributed by atoms with Crippen molar-refractivity contribution in [2.45, 2.75) is 20.3 Å². The lowest BCUT2D eigenvalue weighted by Gasteiger charge is -2.08. The molecule has 0 radical (unpaired) electrons. The second-order valence-corrected chi connectivity index (χ2v) is 5.83. The highest BCUT2D eigenvalue weighted by Gasteiger charge is 2.13. The first-order valence-corrected chi connectivity index (χ1v) is 7.74. The van der Waals surface area contributed by atoms with Gasteiger partial charge >= 0.3 is 11.8 Å². The van der Waals surface area contributed by atoms with E-state index in [0.29, 0.717) is 23.7 Å². The Morgan fingerprint density at radius 1 is 1.00 bits per heavy atom. The highest BCUT2D eigenvalue weighted by Crippen LogP contribution is 2.14. The minimum Gasteiger partial charge on any atom is -0.347 e. The van der Waals surface area contributed by atoms with Gasteiger partial charge in [0.1, 0.15) is 0 Å². The molecule has 4 nitrogen and oxygen atoms in total. The van der Waals surface area contributed by atoms with E-state index in [0.717, 1.165) is 16.7 Å². The molecule has 0 aliphatic rings. The molecular formula is C18H19ClN2O2. The normalized spacial score (nSPS) is 10.2. The zero-order chi connectivity index (χ0) is 16.8. The lowest BCUT2D eigenvalue weighted by atomic mass is 10.1. The summed E-state index contributed by atoms with van der Waals surface area (Å²) in [4.78, 5) is 23.7. The van der Waals surface area contributed by atoms with Gasteiger partial charge in [-0.2, -0.15) is 0 Å². The van der Waals surface area contributed by atoms with Crippen molar-refractivity contribution in [1.82, 2.24) is 5.32 Å². The van der Waals surface area contributed by atoms with Crippen molar-refractivity contribution >= 4 is 29.1 Å². The number of halogens is 1. The van der Waals surface area contributed by atoms with E-state index >= 15 is 0 Å². The molecule has 0 heterocycles. The van der Waals surface area contributed by atoms with E-state index in [-0.39, 0.29) is 0 Å². The molecule has 5 heteroatoms. The van der Waals surface area contributed by atoms with E-state index in [2.05, 4.69) is 10.6 Å². The van der Waals surface area contributed by atoms with Crippen molar-refractivity contribution in [2.75, 3.05) is 11.9 Å².